The summed E-state index contributed by atoms with van der Waals surface area (Å²) in [7, 11) is 0. The molecule has 2 heterocycles. The number of nitrogens with zero attached hydrogens (tertiary/aromatic N) is 2. The van der Waals surface area contributed by atoms with E-state index in [4.69, 9.17) is 0 Å². The predicted molar refractivity (Wildman–Crippen MR) is 92.6 cm³/mol. The zero-order valence-corrected chi connectivity index (χ0v) is 14.0. The topological polar surface area (TPSA) is 32.7 Å². The van der Waals surface area contributed by atoms with E-state index in [2.05, 4.69) is 32.5 Å². The molecule has 1 fully saturated rings. The van der Waals surface area contributed by atoms with Crippen LogP contribution in [-0.4, -0.2) is 29.1 Å². The van der Waals surface area contributed by atoms with E-state index < -0.39 is 0 Å². The summed E-state index contributed by atoms with van der Waals surface area (Å²) >= 11 is 3.80. The molecule has 1 amide bonds. The smallest absolute Gasteiger partial charge is 0.286 e. The van der Waals surface area contributed by atoms with Crippen LogP contribution in [0.5, 0.6) is 0 Å². The molecule has 0 bridgehead atoms. The van der Waals surface area contributed by atoms with Crippen molar-refractivity contribution in [3.8, 4) is 0 Å². The van der Waals surface area contributed by atoms with Gasteiger partial charge in [-0.1, -0.05) is 18.2 Å². The normalized spacial score (nSPS) is 21.4. The lowest BCUT2D eigenvalue weighted by molar-refractivity contribution is -0.113. The second-order valence-corrected chi connectivity index (χ2v) is 7.05. The monoisotopic (exact) mass is 398 g/mol. The second kappa shape index (κ2) is 6.30. The predicted octanol–water partition coefficient (Wildman–Crippen LogP) is 3.75. The van der Waals surface area contributed by atoms with Gasteiger partial charge in [-0.25, -0.2) is 0 Å². The van der Waals surface area contributed by atoms with Crippen molar-refractivity contribution < 1.29 is 4.79 Å². The highest BCUT2D eigenvalue weighted by atomic mass is 127. The molecule has 1 aromatic carbocycles. The molecule has 3 rings (SSSR count). The Labute approximate surface area is 136 Å². The van der Waals surface area contributed by atoms with Crippen LogP contribution in [0.1, 0.15) is 24.8 Å². The first-order valence-corrected chi connectivity index (χ1v) is 8.65. The minimum Gasteiger partial charge on any atom is -0.351 e. The van der Waals surface area contributed by atoms with E-state index in [1.54, 1.807) is 0 Å². The number of piperidine rings is 1. The lowest BCUT2D eigenvalue weighted by Gasteiger charge is -2.27. The molecule has 20 heavy (non-hydrogen) atoms. The summed E-state index contributed by atoms with van der Waals surface area (Å²) in [5, 5.41) is 0.881. The molecule has 2 aliphatic heterocycles. The first kappa shape index (κ1) is 14.1. The number of carbonyl (C=O) groups is 1. The van der Waals surface area contributed by atoms with E-state index in [1.807, 2.05) is 30.3 Å². The number of amides is 1. The number of likely N-dealkylation sites (tertiary alicyclic amines) is 1. The molecule has 2 aliphatic rings. The number of amidine groups is 1. The van der Waals surface area contributed by atoms with Gasteiger partial charge >= 0.3 is 0 Å². The SMILES string of the molecule is O=C1N=C(N2CCCCC2)S/C1=C\c1ccccc1I. The lowest BCUT2D eigenvalue weighted by atomic mass is 10.1. The Bertz CT molecular complexity index is 591. The largest absolute Gasteiger partial charge is 0.351 e. The number of rotatable bonds is 1. The number of benzene rings is 1. The Morgan fingerprint density at radius 1 is 1.20 bits per heavy atom. The van der Waals surface area contributed by atoms with Crippen molar-refractivity contribution in [1.29, 1.82) is 0 Å². The molecular weight excluding hydrogens is 383 g/mol. The van der Waals surface area contributed by atoms with Crippen molar-refractivity contribution in [2.24, 2.45) is 4.99 Å². The summed E-state index contributed by atoms with van der Waals surface area (Å²) in [6, 6.07) is 8.07. The van der Waals surface area contributed by atoms with Crippen molar-refractivity contribution >= 4 is 51.5 Å². The van der Waals surface area contributed by atoms with E-state index in [0.717, 1.165) is 32.3 Å². The van der Waals surface area contributed by atoms with Crippen molar-refractivity contribution in [1.82, 2.24) is 4.90 Å². The number of thioether (sulfide) groups is 1. The Hall–Kier alpha value is -0.820. The van der Waals surface area contributed by atoms with Crippen molar-refractivity contribution in [3.05, 3.63) is 38.3 Å². The van der Waals surface area contributed by atoms with Crippen LogP contribution in [0, 0.1) is 3.57 Å². The van der Waals surface area contributed by atoms with Crippen LogP contribution < -0.4 is 0 Å². The van der Waals surface area contributed by atoms with Gasteiger partial charge in [0.05, 0.1) is 4.91 Å². The molecule has 1 aromatic rings. The van der Waals surface area contributed by atoms with Gasteiger partial charge in [-0.2, -0.15) is 4.99 Å². The number of aliphatic imine (C=N–C) groups is 1. The zero-order chi connectivity index (χ0) is 13.9. The highest BCUT2D eigenvalue weighted by Gasteiger charge is 2.26. The third-order valence-corrected chi connectivity index (χ3v) is 5.45. The first-order valence-electron chi connectivity index (χ1n) is 6.76. The van der Waals surface area contributed by atoms with E-state index in [9.17, 15) is 4.79 Å². The average molecular weight is 398 g/mol. The van der Waals surface area contributed by atoms with E-state index in [0.29, 0.717) is 0 Å². The molecule has 0 radical (unpaired) electrons. The summed E-state index contributed by atoms with van der Waals surface area (Å²) in [6.07, 6.45) is 5.63. The third kappa shape index (κ3) is 3.09. The third-order valence-electron chi connectivity index (χ3n) is 3.43. The van der Waals surface area contributed by atoms with E-state index in [-0.39, 0.29) is 5.91 Å². The van der Waals surface area contributed by atoms with E-state index in [1.165, 1.54) is 31.0 Å². The Kier molecular flexibility index (Phi) is 4.45. The zero-order valence-electron chi connectivity index (χ0n) is 11.0. The van der Waals surface area contributed by atoms with Crippen LogP contribution in [-0.2, 0) is 4.79 Å². The van der Waals surface area contributed by atoms with Gasteiger partial charge in [0.15, 0.2) is 5.17 Å². The molecule has 0 aliphatic carbocycles. The van der Waals surface area contributed by atoms with Gasteiger partial charge in [-0.3, -0.25) is 4.79 Å². The summed E-state index contributed by atoms with van der Waals surface area (Å²) in [4.78, 5) is 19.2. The van der Waals surface area contributed by atoms with Gasteiger partial charge in [-0.15, -0.1) is 0 Å². The van der Waals surface area contributed by atoms with Crippen LogP contribution in [0.4, 0.5) is 0 Å². The standard InChI is InChI=1S/C15H15IN2OS/c16-12-7-3-2-6-11(12)10-13-14(19)17-15(20-13)18-8-4-1-5-9-18/h2-3,6-7,10H,1,4-5,8-9H2/b13-10-. The molecule has 0 spiro atoms. The lowest BCUT2D eigenvalue weighted by Crippen LogP contribution is -2.33. The maximum Gasteiger partial charge on any atom is 0.286 e. The van der Waals surface area contributed by atoms with Crippen LogP contribution in [0.15, 0.2) is 34.2 Å². The fraction of sp³-hybridized carbons (Fsp3) is 0.333. The highest BCUT2D eigenvalue weighted by molar-refractivity contribution is 14.1. The fourth-order valence-electron chi connectivity index (χ4n) is 2.35. The first-order chi connectivity index (χ1) is 9.74. The Morgan fingerprint density at radius 3 is 2.70 bits per heavy atom. The molecule has 104 valence electrons. The maximum absolute atomic E-state index is 12.0. The van der Waals surface area contributed by atoms with Crippen LogP contribution in [0.3, 0.4) is 0 Å². The number of hydrogen-bond acceptors (Lipinski definition) is 3. The Balaban J connectivity index is 1.78. The molecule has 0 saturated carbocycles. The molecule has 0 N–H and O–H groups in total. The molecule has 1 saturated heterocycles. The van der Waals surface area contributed by atoms with Crippen molar-refractivity contribution in [3.63, 3.8) is 0 Å². The van der Waals surface area contributed by atoms with Gasteiger partial charge in [-0.05, 0) is 71.3 Å². The average Bonchev–Trinajstić information content (AvgIpc) is 2.84. The highest BCUT2D eigenvalue weighted by Crippen LogP contribution is 2.32. The number of halogens is 1. The molecular formula is C15H15IN2OS. The van der Waals surface area contributed by atoms with Gasteiger partial charge < -0.3 is 4.90 Å². The maximum atomic E-state index is 12.0. The molecule has 0 atom stereocenters. The summed E-state index contributed by atoms with van der Waals surface area (Å²) in [5.74, 6) is -0.102. The van der Waals surface area contributed by atoms with Crippen molar-refractivity contribution in [2.45, 2.75) is 19.3 Å². The van der Waals surface area contributed by atoms with Gasteiger partial charge in [0.2, 0.25) is 0 Å². The molecule has 0 unspecified atom stereocenters. The van der Waals surface area contributed by atoms with Gasteiger partial charge in [0, 0.05) is 16.7 Å². The van der Waals surface area contributed by atoms with Gasteiger partial charge in [0.25, 0.3) is 5.91 Å². The molecule has 5 heteroatoms. The summed E-state index contributed by atoms with van der Waals surface area (Å²) in [5.41, 5.74) is 1.08. The van der Waals surface area contributed by atoms with Crippen molar-refractivity contribution in [2.75, 3.05) is 13.1 Å². The van der Waals surface area contributed by atoms with E-state index >= 15 is 0 Å². The number of carbonyl (C=O) groups excluding carboxylic acids is 1. The summed E-state index contributed by atoms with van der Waals surface area (Å²) in [6.45, 7) is 2.05. The summed E-state index contributed by atoms with van der Waals surface area (Å²) < 4.78 is 1.15. The van der Waals surface area contributed by atoms with Gasteiger partial charge in [0.1, 0.15) is 0 Å². The molecule has 0 aromatic heterocycles. The minimum atomic E-state index is -0.102. The quantitative estimate of drug-likeness (QED) is 0.534. The molecule has 3 nitrogen and oxygen atoms in total. The fourth-order valence-corrected chi connectivity index (χ4v) is 3.85. The van der Waals surface area contributed by atoms with Crippen LogP contribution in [0.2, 0.25) is 0 Å². The van der Waals surface area contributed by atoms with Crippen LogP contribution in [0.25, 0.3) is 6.08 Å². The number of hydrogen-bond donors (Lipinski definition) is 0. The van der Waals surface area contributed by atoms with Crippen LogP contribution >= 0.6 is 34.4 Å². The Morgan fingerprint density at radius 2 is 1.95 bits per heavy atom. The minimum absolute atomic E-state index is 0.102. The second-order valence-electron chi connectivity index (χ2n) is 4.88.